The molecule has 142 valence electrons. The number of carbonyl (C=O) groups is 2. The fourth-order valence-corrected chi connectivity index (χ4v) is 3.04. The number of hydrogen-bond donors (Lipinski definition) is 2. The summed E-state index contributed by atoms with van der Waals surface area (Å²) >= 11 is 0. The first kappa shape index (κ1) is 18.8. The predicted molar refractivity (Wildman–Crippen MR) is 96.6 cm³/mol. The second kappa shape index (κ2) is 7.30. The molecule has 1 atom stereocenters. The summed E-state index contributed by atoms with van der Waals surface area (Å²) in [6.45, 7) is 1.55. The molecule has 5 nitrogen and oxygen atoms in total. The molecule has 0 aromatic heterocycles. The zero-order valence-electron chi connectivity index (χ0n) is 14.5. The molecule has 0 aliphatic carbocycles. The Balaban J connectivity index is 1.79. The monoisotopic (exact) mass is 377 g/mol. The van der Waals surface area contributed by atoms with Gasteiger partial charge in [0.25, 0.3) is 0 Å². The van der Waals surface area contributed by atoms with Crippen molar-refractivity contribution in [1.29, 1.82) is 0 Å². The number of para-hydroxylation sites is 2. The molecular weight excluding hydrogens is 359 g/mol. The highest BCUT2D eigenvalue weighted by molar-refractivity contribution is 6.05. The third kappa shape index (κ3) is 4.21. The van der Waals surface area contributed by atoms with Gasteiger partial charge in [-0.05, 0) is 37.3 Å². The smallest absolute Gasteiger partial charge is 0.376 e. The van der Waals surface area contributed by atoms with Crippen molar-refractivity contribution in [2.75, 3.05) is 22.1 Å². The van der Waals surface area contributed by atoms with Gasteiger partial charge < -0.3 is 15.5 Å². The molecule has 0 spiro atoms. The van der Waals surface area contributed by atoms with Gasteiger partial charge >= 0.3 is 6.18 Å². The summed E-state index contributed by atoms with van der Waals surface area (Å²) in [5, 5.41) is 5.50. The van der Waals surface area contributed by atoms with Gasteiger partial charge in [-0.15, -0.1) is 0 Å². The number of nitrogens with zero attached hydrogens (tertiary/aromatic N) is 1. The lowest BCUT2D eigenvalue weighted by Crippen LogP contribution is -2.42. The van der Waals surface area contributed by atoms with Crippen molar-refractivity contribution in [2.24, 2.45) is 0 Å². The lowest BCUT2D eigenvalue weighted by Gasteiger charge is -2.28. The molecule has 2 aromatic rings. The number of rotatable bonds is 3. The summed E-state index contributed by atoms with van der Waals surface area (Å²) in [4.78, 5) is 26.2. The molecule has 2 amide bonds. The van der Waals surface area contributed by atoms with Crippen LogP contribution in [0, 0.1) is 0 Å². The number of benzene rings is 2. The quantitative estimate of drug-likeness (QED) is 0.853. The van der Waals surface area contributed by atoms with E-state index in [2.05, 4.69) is 10.6 Å². The second-order valence-electron chi connectivity index (χ2n) is 6.31. The van der Waals surface area contributed by atoms with Crippen molar-refractivity contribution < 1.29 is 22.8 Å². The molecule has 1 aliphatic rings. The van der Waals surface area contributed by atoms with Crippen LogP contribution >= 0.6 is 0 Å². The van der Waals surface area contributed by atoms with Gasteiger partial charge in [0.1, 0.15) is 0 Å². The largest absolute Gasteiger partial charge is 0.416 e. The Morgan fingerprint density at radius 3 is 2.70 bits per heavy atom. The van der Waals surface area contributed by atoms with Crippen molar-refractivity contribution in [2.45, 2.75) is 25.6 Å². The molecule has 0 radical (unpaired) electrons. The van der Waals surface area contributed by atoms with Crippen molar-refractivity contribution in [3.8, 4) is 0 Å². The van der Waals surface area contributed by atoms with Crippen LogP contribution in [-0.4, -0.2) is 24.4 Å². The summed E-state index contributed by atoms with van der Waals surface area (Å²) in [5.74, 6) is -0.542. The number of anilines is 3. The van der Waals surface area contributed by atoms with E-state index in [1.807, 2.05) is 0 Å². The number of carbonyl (C=O) groups excluding carboxylic acids is 2. The van der Waals surface area contributed by atoms with Gasteiger partial charge in [-0.3, -0.25) is 9.59 Å². The summed E-state index contributed by atoms with van der Waals surface area (Å²) in [5.41, 5.74) is 0.498. The molecule has 3 rings (SSSR count). The molecule has 0 fully saturated rings. The van der Waals surface area contributed by atoms with E-state index in [4.69, 9.17) is 0 Å². The molecular formula is C19H18F3N3O2. The van der Waals surface area contributed by atoms with Crippen molar-refractivity contribution in [1.82, 2.24) is 0 Å². The molecule has 1 heterocycles. The van der Waals surface area contributed by atoms with Crippen LogP contribution in [-0.2, 0) is 15.8 Å². The van der Waals surface area contributed by atoms with Crippen LogP contribution in [0.15, 0.2) is 48.5 Å². The Bertz CT molecular complexity index is 867. The van der Waals surface area contributed by atoms with Gasteiger partial charge in [-0.1, -0.05) is 18.2 Å². The minimum Gasteiger partial charge on any atom is -0.376 e. The SMILES string of the molecule is CC1CC(=O)Nc2ccccc2N1C(=O)CNc1cccc(C(F)(F)F)c1. The Labute approximate surface area is 154 Å². The standard InChI is InChI=1S/C19H18F3N3O2/c1-12-9-17(26)24-15-7-2-3-8-16(15)25(12)18(27)11-23-14-6-4-5-13(10-14)19(20,21)22/h2-8,10,12,23H,9,11H2,1H3,(H,24,26). The van der Waals surface area contributed by atoms with E-state index in [1.54, 1.807) is 31.2 Å². The number of alkyl halides is 3. The van der Waals surface area contributed by atoms with Gasteiger partial charge in [-0.25, -0.2) is 0 Å². The molecule has 0 saturated carbocycles. The molecule has 1 unspecified atom stereocenters. The van der Waals surface area contributed by atoms with Gasteiger partial charge in [0.2, 0.25) is 11.8 Å². The highest BCUT2D eigenvalue weighted by Crippen LogP contribution is 2.32. The lowest BCUT2D eigenvalue weighted by molar-refractivity contribution is -0.137. The van der Waals surface area contributed by atoms with Crippen LogP contribution in [0.25, 0.3) is 0 Å². The van der Waals surface area contributed by atoms with E-state index < -0.39 is 11.7 Å². The Kier molecular flexibility index (Phi) is 5.07. The average Bonchev–Trinajstić information content (AvgIpc) is 2.73. The van der Waals surface area contributed by atoms with E-state index in [1.165, 1.54) is 17.0 Å². The summed E-state index contributed by atoms with van der Waals surface area (Å²) in [6, 6.07) is 11.2. The number of amides is 2. The summed E-state index contributed by atoms with van der Waals surface area (Å²) < 4.78 is 38.4. The first-order valence-corrected chi connectivity index (χ1v) is 8.38. The molecule has 1 aliphatic heterocycles. The van der Waals surface area contributed by atoms with E-state index in [0.29, 0.717) is 11.4 Å². The summed E-state index contributed by atoms with van der Waals surface area (Å²) in [7, 11) is 0. The fourth-order valence-electron chi connectivity index (χ4n) is 3.04. The maximum absolute atomic E-state index is 12.8. The van der Waals surface area contributed by atoms with E-state index >= 15 is 0 Å². The predicted octanol–water partition coefficient (Wildman–Crippen LogP) is 3.88. The lowest BCUT2D eigenvalue weighted by atomic mass is 10.1. The maximum atomic E-state index is 12.8. The fraction of sp³-hybridized carbons (Fsp3) is 0.263. The van der Waals surface area contributed by atoms with Crippen LogP contribution in [0.2, 0.25) is 0 Å². The number of hydrogen-bond acceptors (Lipinski definition) is 3. The van der Waals surface area contributed by atoms with Crippen molar-refractivity contribution in [3.63, 3.8) is 0 Å². The zero-order chi connectivity index (χ0) is 19.6. The zero-order valence-corrected chi connectivity index (χ0v) is 14.5. The highest BCUT2D eigenvalue weighted by Gasteiger charge is 2.31. The van der Waals surface area contributed by atoms with Gasteiger partial charge in [0.05, 0.1) is 23.5 Å². The number of fused-ring (bicyclic) bond motifs is 1. The van der Waals surface area contributed by atoms with Crippen molar-refractivity contribution >= 4 is 28.9 Å². The Morgan fingerprint density at radius 1 is 1.22 bits per heavy atom. The van der Waals surface area contributed by atoms with Gasteiger partial charge in [0, 0.05) is 18.2 Å². The van der Waals surface area contributed by atoms with Crippen LogP contribution in [0.5, 0.6) is 0 Å². The van der Waals surface area contributed by atoms with Gasteiger partial charge in [-0.2, -0.15) is 13.2 Å². The third-order valence-corrected chi connectivity index (χ3v) is 4.26. The minimum absolute atomic E-state index is 0.129. The first-order chi connectivity index (χ1) is 12.8. The van der Waals surface area contributed by atoms with Crippen molar-refractivity contribution in [3.05, 3.63) is 54.1 Å². The van der Waals surface area contributed by atoms with Crippen LogP contribution < -0.4 is 15.5 Å². The summed E-state index contributed by atoms with van der Waals surface area (Å²) in [6.07, 6.45) is -4.32. The van der Waals surface area contributed by atoms with Gasteiger partial charge in [0.15, 0.2) is 0 Å². The molecule has 27 heavy (non-hydrogen) atoms. The number of nitrogens with one attached hydrogen (secondary N) is 2. The van der Waals surface area contributed by atoms with Crippen LogP contribution in [0.3, 0.4) is 0 Å². The Hall–Kier alpha value is -3.03. The van der Waals surface area contributed by atoms with Crippen LogP contribution in [0.4, 0.5) is 30.2 Å². The topological polar surface area (TPSA) is 61.4 Å². The molecule has 2 aromatic carbocycles. The molecule has 2 N–H and O–H groups in total. The minimum atomic E-state index is -4.45. The maximum Gasteiger partial charge on any atom is 0.416 e. The molecule has 0 saturated heterocycles. The number of halogens is 3. The normalized spacial score (nSPS) is 17.0. The van der Waals surface area contributed by atoms with E-state index in [9.17, 15) is 22.8 Å². The van der Waals surface area contributed by atoms with E-state index in [0.717, 1.165) is 12.1 Å². The molecule has 0 bridgehead atoms. The molecule has 8 heteroatoms. The van der Waals surface area contributed by atoms with Crippen LogP contribution in [0.1, 0.15) is 18.9 Å². The average molecular weight is 377 g/mol. The first-order valence-electron chi connectivity index (χ1n) is 8.38. The highest BCUT2D eigenvalue weighted by atomic mass is 19.4. The van der Waals surface area contributed by atoms with E-state index in [-0.39, 0.29) is 36.5 Å². The Morgan fingerprint density at radius 2 is 1.96 bits per heavy atom. The third-order valence-electron chi connectivity index (χ3n) is 4.26. The second-order valence-corrected chi connectivity index (χ2v) is 6.31.